The molecule has 11 heteroatoms. The molecule has 0 fully saturated rings. The summed E-state index contributed by atoms with van der Waals surface area (Å²) in [7, 11) is 0. The summed E-state index contributed by atoms with van der Waals surface area (Å²) >= 11 is 1.51. The third kappa shape index (κ3) is 8.59. The minimum absolute atomic E-state index is 0.100. The van der Waals surface area contributed by atoms with Crippen LogP contribution in [0.4, 0.5) is 0 Å². The number of benzene rings is 2. The fraction of sp³-hybridized carbons (Fsp3) is 0.357. The van der Waals surface area contributed by atoms with Gasteiger partial charge in [0.1, 0.15) is 18.1 Å². The number of hydrogen-bond acceptors (Lipinski definition) is 6. The van der Waals surface area contributed by atoms with Gasteiger partial charge < -0.3 is 31.8 Å². The number of aromatic amines is 1. The number of amides is 3. The lowest BCUT2D eigenvalue weighted by molar-refractivity contribution is -0.142. The first kappa shape index (κ1) is 29.7. The summed E-state index contributed by atoms with van der Waals surface area (Å²) in [5, 5.41) is 18.3. The second-order valence-electron chi connectivity index (χ2n) is 9.33. The molecule has 3 amide bonds. The average Bonchev–Trinajstić information content (AvgIpc) is 3.33. The summed E-state index contributed by atoms with van der Waals surface area (Å²) in [5.41, 5.74) is 8.78. The molecule has 0 aliphatic carbocycles. The van der Waals surface area contributed by atoms with Crippen molar-refractivity contribution in [3.05, 3.63) is 71.9 Å². The summed E-state index contributed by atoms with van der Waals surface area (Å²) in [6.07, 6.45) is 4.41. The van der Waals surface area contributed by atoms with Crippen LogP contribution in [0.1, 0.15) is 24.5 Å². The third-order valence-corrected chi connectivity index (χ3v) is 6.99. The van der Waals surface area contributed by atoms with Gasteiger partial charge in [-0.05, 0) is 49.0 Å². The van der Waals surface area contributed by atoms with E-state index in [2.05, 4.69) is 20.9 Å². The summed E-state index contributed by atoms with van der Waals surface area (Å²) in [6.45, 7) is 1.46. The van der Waals surface area contributed by atoms with Crippen molar-refractivity contribution in [2.75, 3.05) is 12.0 Å². The number of hydrogen-bond donors (Lipinski definition) is 6. The van der Waals surface area contributed by atoms with Gasteiger partial charge in [-0.15, -0.1) is 0 Å². The van der Waals surface area contributed by atoms with Gasteiger partial charge in [-0.25, -0.2) is 4.79 Å². The van der Waals surface area contributed by atoms with Crippen LogP contribution >= 0.6 is 11.8 Å². The molecular formula is C28H35N5O5S. The SMILES string of the molecule is CSCCC(NC(=O)C(N)Cc1c[nH]c2ccccc12)C(=O)NC(C)C(=O)NC(Cc1ccccc1)C(=O)O. The molecule has 0 aliphatic rings. The molecule has 4 unspecified atom stereocenters. The molecule has 0 bridgehead atoms. The fourth-order valence-corrected chi connectivity index (χ4v) is 4.61. The molecule has 1 aromatic heterocycles. The minimum atomic E-state index is -1.18. The van der Waals surface area contributed by atoms with Crippen molar-refractivity contribution in [2.24, 2.45) is 5.73 Å². The van der Waals surface area contributed by atoms with Crippen molar-refractivity contribution in [3.8, 4) is 0 Å². The van der Waals surface area contributed by atoms with Crippen LogP contribution in [0.25, 0.3) is 10.9 Å². The Morgan fingerprint density at radius 1 is 0.897 bits per heavy atom. The van der Waals surface area contributed by atoms with Crippen molar-refractivity contribution in [2.45, 2.75) is 50.4 Å². The maximum Gasteiger partial charge on any atom is 0.326 e. The van der Waals surface area contributed by atoms with E-state index in [4.69, 9.17) is 5.73 Å². The zero-order chi connectivity index (χ0) is 28.4. The number of rotatable bonds is 14. The minimum Gasteiger partial charge on any atom is -0.480 e. The monoisotopic (exact) mass is 553 g/mol. The molecule has 3 rings (SSSR count). The van der Waals surface area contributed by atoms with E-state index >= 15 is 0 Å². The maximum atomic E-state index is 13.0. The number of carboxylic acid groups (broad SMARTS) is 1. The molecular weight excluding hydrogens is 518 g/mol. The highest BCUT2D eigenvalue weighted by Gasteiger charge is 2.28. The standard InChI is InChI=1S/C28H35N5O5S/c1-17(25(34)33-24(28(37)38)14-18-8-4-3-5-9-18)31-27(36)23(12-13-39-2)32-26(35)21(29)15-19-16-30-22-11-7-6-10-20(19)22/h3-11,16-17,21,23-24,30H,12-15,29H2,1-2H3,(H,31,36)(H,32,35)(H,33,34)(H,37,38). The van der Waals surface area contributed by atoms with Crippen LogP contribution in [0.3, 0.4) is 0 Å². The molecule has 10 nitrogen and oxygen atoms in total. The number of aromatic nitrogens is 1. The van der Waals surface area contributed by atoms with Gasteiger partial charge in [0, 0.05) is 23.5 Å². The number of para-hydroxylation sites is 1. The number of aliphatic carboxylic acids is 1. The molecule has 39 heavy (non-hydrogen) atoms. The van der Waals surface area contributed by atoms with E-state index in [-0.39, 0.29) is 12.8 Å². The van der Waals surface area contributed by atoms with E-state index in [0.717, 1.165) is 22.0 Å². The predicted octanol–water partition coefficient (Wildman–Crippen LogP) is 1.59. The van der Waals surface area contributed by atoms with Gasteiger partial charge in [-0.1, -0.05) is 48.5 Å². The largest absolute Gasteiger partial charge is 0.480 e. The molecule has 0 saturated heterocycles. The summed E-state index contributed by atoms with van der Waals surface area (Å²) in [5.74, 6) is -2.26. The second kappa shape index (κ2) is 14.4. The lowest BCUT2D eigenvalue weighted by Gasteiger charge is -2.23. The van der Waals surface area contributed by atoms with Crippen LogP contribution in [0.15, 0.2) is 60.8 Å². The van der Waals surface area contributed by atoms with Crippen LogP contribution in [0.5, 0.6) is 0 Å². The van der Waals surface area contributed by atoms with Crippen LogP contribution in [-0.4, -0.2) is 70.0 Å². The Labute approximate surface area is 231 Å². The number of nitrogens with two attached hydrogens (primary N) is 1. The Hall–Kier alpha value is -3.83. The van der Waals surface area contributed by atoms with Gasteiger partial charge in [-0.2, -0.15) is 11.8 Å². The molecule has 3 aromatic rings. The van der Waals surface area contributed by atoms with Gasteiger partial charge in [-0.3, -0.25) is 14.4 Å². The Bertz CT molecular complexity index is 1280. The Kier molecular flexibility index (Phi) is 10.9. The highest BCUT2D eigenvalue weighted by molar-refractivity contribution is 7.98. The van der Waals surface area contributed by atoms with E-state index in [9.17, 15) is 24.3 Å². The predicted molar refractivity (Wildman–Crippen MR) is 152 cm³/mol. The highest BCUT2D eigenvalue weighted by Crippen LogP contribution is 2.19. The molecule has 2 aromatic carbocycles. The molecule has 0 spiro atoms. The molecule has 0 aliphatic heterocycles. The molecule has 7 N–H and O–H groups in total. The molecule has 0 saturated carbocycles. The summed E-state index contributed by atoms with van der Waals surface area (Å²) in [6, 6.07) is 12.7. The van der Waals surface area contributed by atoms with E-state index in [1.165, 1.54) is 18.7 Å². The number of H-pyrrole nitrogens is 1. The zero-order valence-corrected chi connectivity index (χ0v) is 22.8. The summed E-state index contributed by atoms with van der Waals surface area (Å²) in [4.78, 5) is 53.6. The van der Waals surface area contributed by atoms with Gasteiger partial charge in [0.05, 0.1) is 6.04 Å². The first-order valence-corrected chi connectivity index (χ1v) is 14.1. The summed E-state index contributed by atoms with van der Waals surface area (Å²) < 4.78 is 0. The zero-order valence-electron chi connectivity index (χ0n) is 22.0. The highest BCUT2D eigenvalue weighted by atomic mass is 32.2. The normalized spacial score (nSPS) is 14.1. The van der Waals surface area contributed by atoms with Gasteiger partial charge in [0.15, 0.2) is 0 Å². The number of thioether (sulfide) groups is 1. The van der Waals surface area contributed by atoms with E-state index < -0.39 is 47.9 Å². The fourth-order valence-electron chi connectivity index (χ4n) is 4.14. The van der Waals surface area contributed by atoms with Crippen LogP contribution < -0.4 is 21.7 Å². The number of carboxylic acids is 1. The van der Waals surface area contributed by atoms with Crippen LogP contribution in [-0.2, 0) is 32.0 Å². The quantitative estimate of drug-likeness (QED) is 0.176. The van der Waals surface area contributed by atoms with Gasteiger partial charge in [0.2, 0.25) is 17.7 Å². The Morgan fingerprint density at radius 3 is 2.26 bits per heavy atom. The second-order valence-corrected chi connectivity index (χ2v) is 10.3. The van der Waals surface area contributed by atoms with Crippen molar-refractivity contribution >= 4 is 46.4 Å². The van der Waals surface area contributed by atoms with Crippen molar-refractivity contribution in [1.29, 1.82) is 0 Å². The number of carbonyl (C=O) groups excluding carboxylic acids is 3. The Balaban J connectivity index is 1.59. The first-order chi connectivity index (χ1) is 18.7. The van der Waals surface area contributed by atoms with Crippen LogP contribution in [0.2, 0.25) is 0 Å². The smallest absolute Gasteiger partial charge is 0.326 e. The van der Waals surface area contributed by atoms with E-state index in [0.29, 0.717) is 12.2 Å². The molecule has 0 radical (unpaired) electrons. The Morgan fingerprint density at radius 2 is 1.56 bits per heavy atom. The molecule has 4 atom stereocenters. The number of carbonyl (C=O) groups is 4. The van der Waals surface area contributed by atoms with Crippen molar-refractivity contribution in [3.63, 3.8) is 0 Å². The third-order valence-electron chi connectivity index (χ3n) is 6.34. The number of nitrogens with one attached hydrogen (secondary N) is 4. The van der Waals surface area contributed by atoms with E-state index in [1.807, 2.05) is 42.8 Å². The topological polar surface area (TPSA) is 166 Å². The molecule has 208 valence electrons. The maximum absolute atomic E-state index is 13.0. The van der Waals surface area contributed by atoms with Crippen molar-refractivity contribution < 1.29 is 24.3 Å². The van der Waals surface area contributed by atoms with Gasteiger partial charge in [0.25, 0.3) is 0 Å². The van der Waals surface area contributed by atoms with Gasteiger partial charge >= 0.3 is 5.97 Å². The van der Waals surface area contributed by atoms with Crippen molar-refractivity contribution in [1.82, 2.24) is 20.9 Å². The number of fused-ring (bicyclic) bond motifs is 1. The lowest BCUT2D eigenvalue weighted by atomic mass is 10.0. The lowest BCUT2D eigenvalue weighted by Crippen LogP contribution is -2.56. The first-order valence-electron chi connectivity index (χ1n) is 12.7. The van der Waals surface area contributed by atoms with E-state index in [1.54, 1.807) is 24.3 Å². The average molecular weight is 554 g/mol. The van der Waals surface area contributed by atoms with Crippen LogP contribution in [0, 0.1) is 0 Å². The molecule has 1 heterocycles.